The van der Waals surface area contributed by atoms with Crippen molar-refractivity contribution in [3.05, 3.63) is 64.2 Å². The summed E-state index contributed by atoms with van der Waals surface area (Å²) < 4.78 is 0. The standard InChI is InChI=1S/C24H30ClN3O3/c1-15(2)13-21(27-23(30)18-9-11-19(25)12-10-18)24(31)28(5)14-22(29)26-20-8-6-7-16(3)17(20)4/h6-12,15,21H,13-14H2,1-5H3,(H,26,29)(H,27,30). The monoisotopic (exact) mass is 443 g/mol. The molecule has 0 aliphatic heterocycles. The van der Waals surface area contributed by atoms with Gasteiger partial charge in [0.2, 0.25) is 11.8 Å². The Hall–Kier alpha value is -2.86. The van der Waals surface area contributed by atoms with Crippen molar-refractivity contribution in [2.75, 3.05) is 18.9 Å². The van der Waals surface area contributed by atoms with Gasteiger partial charge in [0, 0.05) is 23.3 Å². The number of nitrogens with zero attached hydrogens (tertiary/aromatic N) is 1. The number of rotatable bonds is 8. The van der Waals surface area contributed by atoms with Crippen LogP contribution in [0.1, 0.15) is 41.8 Å². The van der Waals surface area contributed by atoms with Gasteiger partial charge in [0.1, 0.15) is 6.04 Å². The minimum Gasteiger partial charge on any atom is -0.340 e. The molecule has 31 heavy (non-hydrogen) atoms. The van der Waals surface area contributed by atoms with Gasteiger partial charge in [-0.2, -0.15) is 0 Å². The molecule has 0 bridgehead atoms. The second-order valence-electron chi connectivity index (χ2n) is 8.15. The van der Waals surface area contributed by atoms with E-state index in [2.05, 4.69) is 10.6 Å². The maximum atomic E-state index is 13.0. The van der Waals surface area contributed by atoms with Crippen LogP contribution in [0.4, 0.5) is 5.69 Å². The van der Waals surface area contributed by atoms with Gasteiger partial charge in [0.15, 0.2) is 0 Å². The van der Waals surface area contributed by atoms with Crippen molar-refractivity contribution >= 4 is 35.0 Å². The molecule has 0 saturated carbocycles. The Morgan fingerprint density at radius 2 is 1.68 bits per heavy atom. The zero-order valence-corrected chi connectivity index (χ0v) is 19.4. The van der Waals surface area contributed by atoms with Crippen molar-refractivity contribution in [2.24, 2.45) is 5.92 Å². The number of likely N-dealkylation sites (N-methyl/N-ethyl adjacent to an activating group) is 1. The zero-order valence-electron chi connectivity index (χ0n) is 18.7. The van der Waals surface area contributed by atoms with Gasteiger partial charge in [-0.15, -0.1) is 0 Å². The quantitative estimate of drug-likeness (QED) is 0.641. The average Bonchev–Trinajstić information content (AvgIpc) is 2.70. The fourth-order valence-electron chi connectivity index (χ4n) is 3.17. The van der Waals surface area contributed by atoms with Crippen LogP contribution < -0.4 is 10.6 Å². The van der Waals surface area contributed by atoms with E-state index in [0.29, 0.717) is 17.0 Å². The number of aryl methyl sites for hydroxylation is 1. The van der Waals surface area contributed by atoms with E-state index in [1.165, 1.54) is 4.90 Å². The average molecular weight is 444 g/mol. The van der Waals surface area contributed by atoms with Crippen LogP contribution in [-0.2, 0) is 9.59 Å². The second-order valence-corrected chi connectivity index (χ2v) is 8.59. The molecule has 0 aromatic heterocycles. The summed E-state index contributed by atoms with van der Waals surface area (Å²) in [5.41, 5.74) is 3.20. The third-order valence-corrected chi connectivity index (χ3v) is 5.30. The number of halogens is 1. The number of benzene rings is 2. The molecule has 0 spiro atoms. The van der Waals surface area contributed by atoms with E-state index in [4.69, 9.17) is 11.6 Å². The van der Waals surface area contributed by atoms with Crippen LogP contribution in [0.15, 0.2) is 42.5 Å². The number of hydrogen-bond donors (Lipinski definition) is 2. The second kappa shape index (κ2) is 11.0. The minimum atomic E-state index is -0.735. The van der Waals surface area contributed by atoms with Crippen LogP contribution in [0.25, 0.3) is 0 Å². The van der Waals surface area contributed by atoms with Crippen molar-refractivity contribution in [2.45, 2.75) is 40.2 Å². The Labute approximate surface area is 189 Å². The predicted octanol–water partition coefficient (Wildman–Crippen LogP) is 4.20. The lowest BCUT2D eigenvalue weighted by molar-refractivity contribution is -0.135. The smallest absolute Gasteiger partial charge is 0.251 e. The van der Waals surface area contributed by atoms with Crippen molar-refractivity contribution < 1.29 is 14.4 Å². The molecule has 1 unspecified atom stereocenters. The Kier molecular flexibility index (Phi) is 8.63. The first-order valence-electron chi connectivity index (χ1n) is 10.3. The van der Waals surface area contributed by atoms with Gasteiger partial charge in [-0.25, -0.2) is 0 Å². The van der Waals surface area contributed by atoms with Gasteiger partial charge in [0.25, 0.3) is 5.91 Å². The van der Waals surface area contributed by atoms with Crippen molar-refractivity contribution in [3.8, 4) is 0 Å². The van der Waals surface area contributed by atoms with Gasteiger partial charge in [-0.1, -0.05) is 37.6 Å². The highest BCUT2D eigenvalue weighted by Crippen LogP contribution is 2.18. The third-order valence-electron chi connectivity index (χ3n) is 5.05. The van der Waals surface area contributed by atoms with E-state index >= 15 is 0 Å². The number of carbonyl (C=O) groups excluding carboxylic acids is 3. The minimum absolute atomic E-state index is 0.113. The van der Waals surface area contributed by atoms with E-state index in [-0.39, 0.29) is 30.2 Å². The van der Waals surface area contributed by atoms with Crippen LogP contribution in [0, 0.1) is 19.8 Å². The molecule has 3 amide bonds. The highest BCUT2D eigenvalue weighted by molar-refractivity contribution is 6.30. The molecule has 0 saturated heterocycles. The summed E-state index contributed by atoms with van der Waals surface area (Å²) >= 11 is 5.88. The van der Waals surface area contributed by atoms with Crippen LogP contribution in [0.2, 0.25) is 5.02 Å². The summed E-state index contributed by atoms with van der Waals surface area (Å²) in [6.45, 7) is 7.74. The van der Waals surface area contributed by atoms with E-state index in [1.807, 2.05) is 45.9 Å². The van der Waals surface area contributed by atoms with Crippen LogP contribution >= 0.6 is 11.6 Å². The Morgan fingerprint density at radius 3 is 2.29 bits per heavy atom. The van der Waals surface area contributed by atoms with E-state index in [1.54, 1.807) is 31.3 Å². The lowest BCUT2D eigenvalue weighted by atomic mass is 10.0. The Bertz CT molecular complexity index is 942. The lowest BCUT2D eigenvalue weighted by Crippen LogP contribution is -2.49. The molecule has 7 heteroatoms. The molecule has 2 rings (SSSR count). The molecule has 2 aromatic carbocycles. The van der Waals surface area contributed by atoms with E-state index < -0.39 is 6.04 Å². The summed E-state index contributed by atoms with van der Waals surface area (Å²) in [6.07, 6.45) is 0.459. The summed E-state index contributed by atoms with van der Waals surface area (Å²) in [5, 5.41) is 6.18. The number of nitrogens with one attached hydrogen (secondary N) is 2. The summed E-state index contributed by atoms with van der Waals surface area (Å²) in [5.74, 6) is -0.787. The van der Waals surface area contributed by atoms with Gasteiger partial charge >= 0.3 is 0 Å². The first kappa shape index (κ1) is 24.4. The Morgan fingerprint density at radius 1 is 1.03 bits per heavy atom. The van der Waals surface area contributed by atoms with Gasteiger partial charge < -0.3 is 15.5 Å². The molecule has 1 atom stereocenters. The van der Waals surface area contributed by atoms with Gasteiger partial charge in [0.05, 0.1) is 6.54 Å². The molecular weight excluding hydrogens is 414 g/mol. The number of carbonyl (C=O) groups is 3. The lowest BCUT2D eigenvalue weighted by Gasteiger charge is -2.25. The molecule has 166 valence electrons. The summed E-state index contributed by atoms with van der Waals surface area (Å²) in [4.78, 5) is 39.5. The van der Waals surface area contributed by atoms with Gasteiger partial charge in [-0.3, -0.25) is 14.4 Å². The SMILES string of the molecule is Cc1cccc(NC(=O)CN(C)C(=O)C(CC(C)C)NC(=O)c2ccc(Cl)cc2)c1C. The van der Waals surface area contributed by atoms with Crippen molar-refractivity contribution in [1.29, 1.82) is 0 Å². The number of amides is 3. The van der Waals surface area contributed by atoms with Crippen molar-refractivity contribution in [1.82, 2.24) is 10.2 Å². The normalized spacial score (nSPS) is 11.7. The first-order valence-corrected chi connectivity index (χ1v) is 10.6. The molecule has 6 nitrogen and oxygen atoms in total. The first-order chi connectivity index (χ1) is 14.6. The van der Waals surface area contributed by atoms with Crippen molar-refractivity contribution in [3.63, 3.8) is 0 Å². The molecule has 2 aromatic rings. The highest BCUT2D eigenvalue weighted by atomic mass is 35.5. The molecular formula is C24H30ClN3O3. The summed E-state index contributed by atoms with van der Waals surface area (Å²) in [7, 11) is 1.56. The van der Waals surface area contributed by atoms with Crippen LogP contribution in [0.5, 0.6) is 0 Å². The zero-order chi connectivity index (χ0) is 23.1. The summed E-state index contributed by atoms with van der Waals surface area (Å²) in [6, 6.07) is 11.4. The Balaban J connectivity index is 2.05. The predicted molar refractivity (Wildman–Crippen MR) is 124 cm³/mol. The molecule has 0 heterocycles. The topological polar surface area (TPSA) is 78.5 Å². The molecule has 0 aliphatic carbocycles. The maximum Gasteiger partial charge on any atom is 0.251 e. The van der Waals surface area contributed by atoms with Crippen LogP contribution in [-0.4, -0.2) is 42.3 Å². The van der Waals surface area contributed by atoms with E-state index in [0.717, 1.165) is 16.8 Å². The fraction of sp³-hybridized carbons (Fsp3) is 0.375. The third kappa shape index (κ3) is 7.10. The molecule has 0 aliphatic rings. The van der Waals surface area contributed by atoms with Crippen LogP contribution in [0.3, 0.4) is 0 Å². The van der Waals surface area contributed by atoms with Gasteiger partial charge in [-0.05, 0) is 67.6 Å². The molecule has 0 fully saturated rings. The largest absolute Gasteiger partial charge is 0.340 e. The highest BCUT2D eigenvalue weighted by Gasteiger charge is 2.26. The fourth-order valence-corrected chi connectivity index (χ4v) is 3.30. The number of anilines is 1. The molecule has 0 radical (unpaired) electrons. The maximum absolute atomic E-state index is 13.0. The van der Waals surface area contributed by atoms with E-state index in [9.17, 15) is 14.4 Å². The number of hydrogen-bond acceptors (Lipinski definition) is 3. The molecule has 2 N–H and O–H groups in total.